The van der Waals surface area contributed by atoms with E-state index in [0.29, 0.717) is 68.3 Å². The zero-order chi connectivity index (χ0) is 30.0. The minimum atomic E-state index is -0.831. The van der Waals surface area contributed by atoms with Gasteiger partial charge in [0.05, 0.1) is 6.04 Å². The van der Waals surface area contributed by atoms with Gasteiger partial charge >= 0.3 is 6.03 Å². The third kappa shape index (κ3) is 5.23. The molecule has 2 atom stereocenters. The van der Waals surface area contributed by atoms with Crippen LogP contribution in [0.1, 0.15) is 68.9 Å². The second kappa shape index (κ2) is 11.9. The van der Waals surface area contributed by atoms with E-state index in [1.807, 2.05) is 39.0 Å². The van der Waals surface area contributed by atoms with Gasteiger partial charge in [0.1, 0.15) is 11.2 Å². The lowest BCUT2D eigenvalue weighted by Gasteiger charge is -2.53. The number of carbonyl (C=O) groups is 4. The molecule has 224 valence electrons. The number of piperazine rings is 1. The van der Waals surface area contributed by atoms with Crippen LogP contribution in [0.3, 0.4) is 0 Å². The van der Waals surface area contributed by atoms with Crippen LogP contribution in [0.4, 0.5) is 4.79 Å². The summed E-state index contributed by atoms with van der Waals surface area (Å²) >= 11 is 0. The van der Waals surface area contributed by atoms with Crippen LogP contribution in [0, 0.1) is 5.41 Å². The molecule has 0 bridgehead atoms. The first-order valence-corrected chi connectivity index (χ1v) is 14.6. The molecule has 0 saturated carbocycles. The van der Waals surface area contributed by atoms with Crippen molar-refractivity contribution in [3.05, 3.63) is 53.6 Å². The molecule has 42 heavy (non-hydrogen) atoms. The molecule has 5 rings (SSSR count). The van der Waals surface area contributed by atoms with Crippen molar-refractivity contribution in [2.24, 2.45) is 5.41 Å². The summed E-state index contributed by atoms with van der Waals surface area (Å²) in [5.74, 6) is 1.36. The Morgan fingerprint density at radius 3 is 2.21 bits per heavy atom. The maximum absolute atomic E-state index is 13.5. The van der Waals surface area contributed by atoms with Gasteiger partial charge in [-0.25, -0.2) is 9.69 Å². The highest BCUT2D eigenvalue weighted by Gasteiger charge is 2.63. The lowest BCUT2D eigenvalue weighted by atomic mass is 9.72. The Hall–Kier alpha value is -4.28. The standard InChI is InChI=1S/C31H38N4O7/c1-5-24(22-10-13-25-26(18-22)41-19-40-25)32-30(39)35-28(38)31(6-2,7-3)29(35)42-23-11-8-21(9-12-23)27(37)34-16-14-33(15-17-34)20(4)36/h8-13,18,24,29H,5-7,14-17,19H2,1-4H3,(H,32,39)/t24-,29+/m1/s1. The van der Waals surface area contributed by atoms with Crippen LogP contribution < -0.4 is 19.5 Å². The number of ether oxygens (including phenoxy) is 3. The summed E-state index contributed by atoms with van der Waals surface area (Å²) in [4.78, 5) is 56.2. The van der Waals surface area contributed by atoms with Gasteiger partial charge in [0.2, 0.25) is 18.6 Å². The molecule has 0 aliphatic carbocycles. The van der Waals surface area contributed by atoms with Gasteiger partial charge in [-0.3, -0.25) is 14.4 Å². The first kappa shape index (κ1) is 29.2. The second-order valence-electron chi connectivity index (χ2n) is 10.9. The van der Waals surface area contributed by atoms with Crippen molar-refractivity contribution in [1.29, 1.82) is 0 Å². The predicted octanol–water partition coefficient (Wildman–Crippen LogP) is 3.93. The second-order valence-corrected chi connectivity index (χ2v) is 10.9. The lowest BCUT2D eigenvalue weighted by Crippen LogP contribution is -2.73. The number of hydrogen-bond donors (Lipinski definition) is 1. The number of imide groups is 1. The van der Waals surface area contributed by atoms with E-state index < -0.39 is 17.7 Å². The lowest BCUT2D eigenvalue weighted by molar-refractivity contribution is -0.191. The SMILES string of the molecule is CC[C@@H](NC(=O)N1C(=O)C(CC)(CC)[C@@H]1Oc1ccc(C(=O)N2CCN(C(C)=O)CC2)cc1)c1ccc2c(c1)OCO2. The topological polar surface area (TPSA) is 118 Å². The summed E-state index contributed by atoms with van der Waals surface area (Å²) in [5.41, 5.74) is 0.522. The average molecular weight is 579 g/mol. The predicted molar refractivity (Wildman–Crippen MR) is 153 cm³/mol. The Labute approximate surface area is 245 Å². The third-order valence-electron chi connectivity index (χ3n) is 8.70. The average Bonchev–Trinajstić information content (AvgIpc) is 3.48. The highest BCUT2D eigenvalue weighted by molar-refractivity contribution is 6.03. The fraction of sp³-hybridized carbons (Fsp3) is 0.484. The summed E-state index contributed by atoms with van der Waals surface area (Å²) in [6, 6.07) is 11.4. The Morgan fingerprint density at radius 2 is 1.60 bits per heavy atom. The first-order valence-electron chi connectivity index (χ1n) is 14.6. The third-order valence-corrected chi connectivity index (χ3v) is 8.70. The van der Waals surface area contributed by atoms with Crippen LogP contribution in [0.5, 0.6) is 17.2 Å². The van der Waals surface area contributed by atoms with E-state index in [1.54, 1.807) is 34.1 Å². The van der Waals surface area contributed by atoms with E-state index in [1.165, 1.54) is 6.92 Å². The van der Waals surface area contributed by atoms with Gasteiger partial charge in [0.15, 0.2) is 17.7 Å². The molecule has 0 radical (unpaired) electrons. The fourth-order valence-electron chi connectivity index (χ4n) is 5.88. The first-order chi connectivity index (χ1) is 20.2. The largest absolute Gasteiger partial charge is 0.469 e. The smallest absolute Gasteiger partial charge is 0.327 e. The summed E-state index contributed by atoms with van der Waals surface area (Å²) in [6.45, 7) is 9.46. The molecule has 3 aliphatic rings. The Bertz CT molecular complexity index is 1350. The molecule has 11 nitrogen and oxygen atoms in total. The maximum atomic E-state index is 13.5. The van der Waals surface area contributed by atoms with Gasteiger partial charge in [-0.15, -0.1) is 0 Å². The number of nitrogens with one attached hydrogen (secondary N) is 1. The number of carbonyl (C=O) groups excluding carboxylic acids is 4. The number of nitrogens with zero attached hydrogens (tertiary/aromatic N) is 3. The van der Waals surface area contributed by atoms with Gasteiger partial charge in [-0.05, 0) is 61.2 Å². The molecule has 11 heteroatoms. The summed E-state index contributed by atoms with van der Waals surface area (Å²) < 4.78 is 17.2. The number of benzene rings is 2. The van der Waals surface area contributed by atoms with Crippen LogP contribution >= 0.6 is 0 Å². The van der Waals surface area contributed by atoms with Crippen molar-refractivity contribution in [2.75, 3.05) is 33.0 Å². The van der Waals surface area contributed by atoms with Gasteiger partial charge in [0.25, 0.3) is 5.91 Å². The van der Waals surface area contributed by atoms with Gasteiger partial charge < -0.3 is 29.3 Å². The molecule has 2 saturated heterocycles. The van der Waals surface area contributed by atoms with E-state index in [4.69, 9.17) is 14.2 Å². The Morgan fingerprint density at radius 1 is 0.952 bits per heavy atom. The van der Waals surface area contributed by atoms with Crippen LogP contribution in [-0.4, -0.2) is 77.7 Å². The Balaban J connectivity index is 1.28. The minimum Gasteiger partial charge on any atom is -0.469 e. The van der Waals surface area contributed by atoms with Crippen molar-refractivity contribution < 1.29 is 33.4 Å². The quantitative estimate of drug-likeness (QED) is 0.472. The molecule has 0 aromatic heterocycles. The number of β-lactam (4-membered cyclic amide) rings is 1. The van der Waals surface area contributed by atoms with E-state index in [-0.39, 0.29) is 30.6 Å². The maximum Gasteiger partial charge on any atom is 0.327 e. The monoisotopic (exact) mass is 578 g/mol. The molecular weight excluding hydrogens is 540 g/mol. The van der Waals surface area contributed by atoms with E-state index in [2.05, 4.69) is 5.32 Å². The zero-order valence-electron chi connectivity index (χ0n) is 24.6. The molecule has 0 spiro atoms. The number of likely N-dealkylation sites (tertiary alicyclic amines) is 1. The van der Waals surface area contributed by atoms with Crippen molar-refractivity contribution in [3.8, 4) is 17.2 Å². The van der Waals surface area contributed by atoms with Gasteiger partial charge in [0, 0.05) is 38.7 Å². The molecule has 2 aromatic rings. The van der Waals surface area contributed by atoms with Gasteiger partial charge in [-0.2, -0.15) is 0 Å². The highest BCUT2D eigenvalue weighted by atomic mass is 16.7. The molecule has 3 heterocycles. The number of fused-ring (bicyclic) bond motifs is 1. The minimum absolute atomic E-state index is 0.00850. The van der Waals surface area contributed by atoms with Crippen LogP contribution in [-0.2, 0) is 9.59 Å². The van der Waals surface area contributed by atoms with Crippen LogP contribution in [0.2, 0.25) is 0 Å². The fourth-order valence-corrected chi connectivity index (χ4v) is 5.88. The van der Waals surface area contributed by atoms with Crippen molar-refractivity contribution in [3.63, 3.8) is 0 Å². The molecule has 2 fully saturated rings. The normalized spacial score (nSPS) is 19.7. The molecule has 5 amide bonds. The van der Waals surface area contributed by atoms with Crippen molar-refractivity contribution in [1.82, 2.24) is 20.0 Å². The summed E-state index contributed by atoms with van der Waals surface area (Å²) in [6.07, 6.45) is 0.832. The number of hydrogen-bond acceptors (Lipinski definition) is 7. The van der Waals surface area contributed by atoms with E-state index in [0.717, 1.165) is 10.5 Å². The number of amides is 5. The molecule has 2 aromatic carbocycles. The zero-order valence-corrected chi connectivity index (χ0v) is 24.6. The number of urea groups is 1. The van der Waals surface area contributed by atoms with E-state index in [9.17, 15) is 19.2 Å². The molecule has 3 aliphatic heterocycles. The van der Waals surface area contributed by atoms with Crippen LogP contribution in [0.25, 0.3) is 0 Å². The van der Waals surface area contributed by atoms with Crippen molar-refractivity contribution >= 4 is 23.8 Å². The highest BCUT2D eigenvalue weighted by Crippen LogP contribution is 2.46. The van der Waals surface area contributed by atoms with Crippen LogP contribution in [0.15, 0.2) is 42.5 Å². The molecular formula is C31H38N4O7. The Kier molecular flexibility index (Phi) is 8.29. The summed E-state index contributed by atoms with van der Waals surface area (Å²) in [7, 11) is 0. The van der Waals surface area contributed by atoms with Crippen molar-refractivity contribution in [2.45, 2.75) is 59.2 Å². The molecule has 1 N–H and O–H groups in total. The number of rotatable bonds is 8. The van der Waals surface area contributed by atoms with E-state index >= 15 is 0 Å². The summed E-state index contributed by atoms with van der Waals surface area (Å²) in [5, 5.41) is 2.99. The van der Waals surface area contributed by atoms with Gasteiger partial charge in [-0.1, -0.05) is 26.8 Å². The molecule has 0 unspecified atom stereocenters.